The average molecular weight is 327 g/mol. The molecule has 1 heterocycles. The van der Waals surface area contributed by atoms with Crippen LogP contribution in [0.5, 0.6) is 5.75 Å². The summed E-state index contributed by atoms with van der Waals surface area (Å²) in [6, 6.07) is 15.9. The normalized spacial score (nSPS) is 10.5. The maximum atomic E-state index is 12.6. The molecule has 2 aromatic carbocycles. The standard InChI is InChI=1S/C19H15ClO3/c1-2-22-15-8-5-13(6-9-15)19(21)14-7-10-17(20)16(12-14)18-4-3-11-23-18/h3-12H,2H2,1H3. The Morgan fingerprint density at radius 3 is 2.48 bits per heavy atom. The summed E-state index contributed by atoms with van der Waals surface area (Å²) in [7, 11) is 0. The van der Waals surface area contributed by atoms with Gasteiger partial charge in [0.1, 0.15) is 11.5 Å². The van der Waals surface area contributed by atoms with Crippen molar-refractivity contribution >= 4 is 17.4 Å². The van der Waals surface area contributed by atoms with Crippen LogP contribution in [-0.4, -0.2) is 12.4 Å². The summed E-state index contributed by atoms with van der Waals surface area (Å²) in [5, 5.41) is 0.545. The summed E-state index contributed by atoms with van der Waals surface area (Å²) in [4.78, 5) is 12.6. The molecule has 3 nitrogen and oxygen atoms in total. The van der Waals surface area contributed by atoms with Gasteiger partial charge in [0.05, 0.1) is 17.9 Å². The number of rotatable bonds is 5. The maximum absolute atomic E-state index is 12.6. The Labute approximate surface area is 139 Å². The predicted molar refractivity (Wildman–Crippen MR) is 90.2 cm³/mol. The summed E-state index contributed by atoms with van der Waals surface area (Å²) >= 11 is 6.21. The monoisotopic (exact) mass is 326 g/mol. The minimum atomic E-state index is -0.0717. The van der Waals surface area contributed by atoms with E-state index >= 15 is 0 Å². The predicted octanol–water partition coefficient (Wildman–Crippen LogP) is 5.23. The number of hydrogen-bond acceptors (Lipinski definition) is 3. The van der Waals surface area contributed by atoms with Crippen molar-refractivity contribution in [1.82, 2.24) is 0 Å². The third-order valence-corrected chi connectivity index (χ3v) is 3.77. The lowest BCUT2D eigenvalue weighted by molar-refractivity contribution is 0.103. The lowest BCUT2D eigenvalue weighted by Crippen LogP contribution is -2.02. The van der Waals surface area contributed by atoms with Gasteiger partial charge in [-0.2, -0.15) is 0 Å². The fourth-order valence-electron chi connectivity index (χ4n) is 2.32. The molecule has 3 rings (SSSR count). The van der Waals surface area contributed by atoms with Crippen LogP contribution in [0.4, 0.5) is 0 Å². The fourth-order valence-corrected chi connectivity index (χ4v) is 2.53. The average Bonchev–Trinajstić information content (AvgIpc) is 3.10. The van der Waals surface area contributed by atoms with Gasteiger partial charge in [0, 0.05) is 16.7 Å². The first kappa shape index (κ1) is 15.4. The molecule has 23 heavy (non-hydrogen) atoms. The van der Waals surface area contributed by atoms with Gasteiger partial charge in [-0.25, -0.2) is 0 Å². The first-order valence-corrected chi connectivity index (χ1v) is 7.68. The summed E-state index contributed by atoms with van der Waals surface area (Å²) in [5.74, 6) is 1.31. The Hall–Kier alpha value is -2.52. The maximum Gasteiger partial charge on any atom is 0.193 e. The lowest BCUT2D eigenvalue weighted by Gasteiger charge is -2.07. The van der Waals surface area contributed by atoms with Crippen LogP contribution in [0.1, 0.15) is 22.8 Å². The van der Waals surface area contributed by atoms with E-state index in [1.807, 2.05) is 13.0 Å². The van der Waals surface area contributed by atoms with Crippen molar-refractivity contribution in [2.45, 2.75) is 6.92 Å². The van der Waals surface area contributed by atoms with Crippen molar-refractivity contribution in [3.05, 3.63) is 77.0 Å². The minimum absolute atomic E-state index is 0.0717. The third-order valence-electron chi connectivity index (χ3n) is 3.44. The van der Waals surface area contributed by atoms with Crippen molar-refractivity contribution < 1.29 is 13.9 Å². The van der Waals surface area contributed by atoms with Crippen molar-refractivity contribution in [2.24, 2.45) is 0 Å². The highest BCUT2D eigenvalue weighted by Gasteiger charge is 2.13. The molecule has 0 aliphatic carbocycles. The third kappa shape index (κ3) is 3.30. The van der Waals surface area contributed by atoms with Gasteiger partial charge >= 0.3 is 0 Å². The van der Waals surface area contributed by atoms with Gasteiger partial charge in [-0.1, -0.05) is 11.6 Å². The van der Waals surface area contributed by atoms with Crippen molar-refractivity contribution in [2.75, 3.05) is 6.61 Å². The summed E-state index contributed by atoms with van der Waals surface area (Å²) in [6.07, 6.45) is 1.58. The molecule has 4 heteroatoms. The van der Waals surface area contributed by atoms with Crippen LogP contribution in [0.3, 0.4) is 0 Å². The molecule has 0 radical (unpaired) electrons. The number of halogens is 1. The molecule has 0 aliphatic heterocycles. The smallest absolute Gasteiger partial charge is 0.193 e. The molecule has 0 spiro atoms. The van der Waals surface area contributed by atoms with E-state index in [4.69, 9.17) is 20.8 Å². The zero-order valence-electron chi connectivity index (χ0n) is 12.6. The molecule has 0 fully saturated rings. The van der Waals surface area contributed by atoms with Crippen LogP contribution < -0.4 is 4.74 Å². The van der Waals surface area contributed by atoms with E-state index in [2.05, 4.69) is 0 Å². The highest BCUT2D eigenvalue weighted by atomic mass is 35.5. The quantitative estimate of drug-likeness (QED) is 0.603. The number of carbonyl (C=O) groups excluding carboxylic acids is 1. The highest BCUT2D eigenvalue weighted by molar-refractivity contribution is 6.33. The number of benzene rings is 2. The van der Waals surface area contributed by atoms with E-state index < -0.39 is 0 Å². The second-order valence-corrected chi connectivity index (χ2v) is 5.37. The van der Waals surface area contributed by atoms with Gasteiger partial charge in [-0.15, -0.1) is 0 Å². The molecule has 0 saturated heterocycles. The van der Waals surface area contributed by atoms with E-state index in [1.54, 1.807) is 54.8 Å². The van der Waals surface area contributed by atoms with Gasteiger partial charge < -0.3 is 9.15 Å². The SMILES string of the molecule is CCOc1ccc(C(=O)c2ccc(Cl)c(-c3ccco3)c2)cc1. The Kier molecular flexibility index (Phi) is 4.49. The first-order chi connectivity index (χ1) is 11.2. The van der Waals surface area contributed by atoms with Gasteiger partial charge in [-0.05, 0) is 61.5 Å². The fraction of sp³-hybridized carbons (Fsp3) is 0.105. The van der Waals surface area contributed by atoms with E-state index in [0.717, 1.165) is 5.75 Å². The zero-order chi connectivity index (χ0) is 16.2. The van der Waals surface area contributed by atoms with Gasteiger partial charge in [-0.3, -0.25) is 4.79 Å². The van der Waals surface area contributed by atoms with Crippen LogP contribution >= 0.6 is 11.6 Å². The first-order valence-electron chi connectivity index (χ1n) is 7.30. The van der Waals surface area contributed by atoms with Crippen LogP contribution in [0, 0.1) is 0 Å². The van der Waals surface area contributed by atoms with Crippen LogP contribution in [0.2, 0.25) is 5.02 Å². The summed E-state index contributed by atoms with van der Waals surface area (Å²) in [5.41, 5.74) is 1.86. The van der Waals surface area contributed by atoms with E-state index in [9.17, 15) is 4.79 Å². The van der Waals surface area contributed by atoms with Crippen molar-refractivity contribution in [3.8, 4) is 17.1 Å². The molecule has 1 aromatic heterocycles. The zero-order valence-corrected chi connectivity index (χ0v) is 13.3. The lowest BCUT2D eigenvalue weighted by atomic mass is 10.0. The van der Waals surface area contributed by atoms with Crippen LogP contribution in [0.15, 0.2) is 65.3 Å². The molecule has 0 saturated carbocycles. The molecule has 116 valence electrons. The Morgan fingerprint density at radius 2 is 1.83 bits per heavy atom. The molecular weight excluding hydrogens is 312 g/mol. The second-order valence-electron chi connectivity index (χ2n) is 4.96. The number of ether oxygens (including phenoxy) is 1. The van der Waals surface area contributed by atoms with E-state index in [0.29, 0.717) is 34.1 Å². The van der Waals surface area contributed by atoms with Crippen LogP contribution in [0.25, 0.3) is 11.3 Å². The number of furan rings is 1. The molecule has 0 N–H and O–H groups in total. The van der Waals surface area contributed by atoms with Crippen molar-refractivity contribution in [1.29, 1.82) is 0 Å². The molecule has 0 amide bonds. The Bertz CT molecular complexity index is 805. The molecule has 0 aliphatic rings. The van der Waals surface area contributed by atoms with Gasteiger partial charge in [0.2, 0.25) is 0 Å². The molecule has 0 bridgehead atoms. The minimum Gasteiger partial charge on any atom is -0.494 e. The van der Waals surface area contributed by atoms with Crippen LogP contribution in [-0.2, 0) is 0 Å². The molecule has 0 unspecified atom stereocenters. The van der Waals surface area contributed by atoms with E-state index in [-0.39, 0.29) is 5.78 Å². The van der Waals surface area contributed by atoms with E-state index in [1.165, 1.54) is 0 Å². The topological polar surface area (TPSA) is 39.4 Å². The number of carbonyl (C=O) groups is 1. The van der Waals surface area contributed by atoms with Gasteiger partial charge in [0.15, 0.2) is 5.78 Å². The summed E-state index contributed by atoms with van der Waals surface area (Å²) < 4.78 is 10.8. The second kappa shape index (κ2) is 6.71. The Balaban J connectivity index is 1.92. The molecule has 0 atom stereocenters. The highest BCUT2D eigenvalue weighted by Crippen LogP contribution is 2.30. The molecule has 3 aromatic rings. The number of hydrogen-bond donors (Lipinski definition) is 0. The molecular formula is C19H15ClO3. The van der Waals surface area contributed by atoms with Crippen molar-refractivity contribution in [3.63, 3.8) is 0 Å². The Morgan fingerprint density at radius 1 is 1.09 bits per heavy atom. The summed E-state index contributed by atoms with van der Waals surface area (Å²) in [6.45, 7) is 2.51. The largest absolute Gasteiger partial charge is 0.494 e. The number of ketones is 1. The van der Waals surface area contributed by atoms with Gasteiger partial charge in [0.25, 0.3) is 0 Å².